The van der Waals surface area contributed by atoms with E-state index >= 15 is 0 Å². The molecule has 0 atom stereocenters. The van der Waals surface area contributed by atoms with Gasteiger partial charge in [0, 0.05) is 18.5 Å². The van der Waals surface area contributed by atoms with Crippen LogP contribution in [0.5, 0.6) is 0 Å². The van der Waals surface area contributed by atoms with Gasteiger partial charge in [0.25, 0.3) is 15.7 Å². The molecule has 12 heteroatoms. The van der Waals surface area contributed by atoms with Crippen molar-refractivity contribution < 1.29 is 26.4 Å². The Balaban J connectivity index is 1.83. The van der Waals surface area contributed by atoms with E-state index in [9.17, 15) is 26.4 Å². The van der Waals surface area contributed by atoms with Gasteiger partial charge in [-0.1, -0.05) is 47.9 Å². The maximum absolute atomic E-state index is 12.7. The molecule has 2 aliphatic heterocycles. The zero-order chi connectivity index (χ0) is 23.0. The lowest BCUT2D eigenvalue weighted by Gasteiger charge is -2.21. The molecule has 166 valence electrons. The third kappa shape index (κ3) is 4.57. The molecule has 0 N–H and O–H groups in total. The third-order valence-electron chi connectivity index (χ3n) is 4.50. The van der Waals surface area contributed by atoms with Gasteiger partial charge >= 0.3 is 5.51 Å². The average Bonchev–Trinajstić information content (AvgIpc) is 3.25. The number of hydrogen-bond acceptors (Lipinski definition) is 7. The molecule has 2 aliphatic rings. The van der Waals surface area contributed by atoms with E-state index in [-0.39, 0.29) is 5.91 Å². The number of thiocarbonyl (C=S) groups is 1. The smallest absolute Gasteiger partial charge is 0.335 e. The summed E-state index contributed by atoms with van der Waals surface area (Å²) >= 11 is 7.83. The third-order valence-corrected chi connectivity index (χ3v) is 8.33. The van der Waals surface area contributed by atoms with Crippen molar-refractivity contribution in [2.24, 2.45) is 0 Å². The number of amides is 1. The van der Waals surface area contributed by atoms with Crippen molar-refractivity contribution in [1.29, 1.82) is 0 Å². The van der Waals surface area contributed by atoms with Gasteiger partial charge in [-0.15, -0.1) is 0 Å². The number of sulfone groups is 1. The van der Waals surface area contributed by atoms with Gasteiger partial charge in [-0.3, -0.25) is 9.69 Å². The molecule has 0 aliphatic carbocycles. The molecular weight excluding hydrogens is 489 g/mol. The number of likely N-dealkylation sites (N-methyl/N-ethyl adjacent to an activating group) is 1. The van der Waals surface area contributed by atoms with Crippen molar-refractivity contribution in [3.63, 3.8) is 0 Å². The van der Waals surface area contributed by atoms with Crippen molar-refractivity contribution in [1.82, 2.24) is 9.80 Å². The number of allylic oxidation sites excluding steroid dienone is 2. The van der Waals surface area contributed by atoms with Crippen LogP contribution in [0.25, 0.3) is 5.70 Å². The largest absolute Gasteiger partial charge is 0.501 e. The molecule has 0 saturated carbocycles. The Labute approximate surface area is 192 Å². The number of halogens is 3. The van der Waals surface area contributed by atoms with Crippen LogP contribution in [0.15, 0.2) is 56.7 Å². The minimum atomic E-state index is -5.39. The van der Waals surface area contributed by atoms with E-state index in [2.05, 4.69) is 0 Å². The maximum Gasteiger partial charge on any atom is 0.501 e. The van der Waals surface area contributed by atoms with Crippen LogP contribution in [-0.4, -0.2) is 47.0 Å². The quantitative estimate of drug-likeness (QED) is 0.414. The molecule has 1 aromatic carbocycles. The van der Waals surface area contributed by atoms with E-state index < -0.39 is 20.2 Å². The minimum Gasteiger partial charge on any atom is -0.335 e. The fourth-order valence-electron chi connectivity index (χ4n) is 2.91. The molecule has 31 heavy (non-hydrogen) atoms. The first-order chi connectivity index (χ1) is 14.5. The predicted molar refractivity (Wildman–Crippen MR) is 121 cm³/mol. The van der Waals surface area contributed by atoms with Crippen LogP contribution in [0.4, 0.5) is 13.2 Å². The number of alkyl halides is 3. The zero-order valence-corrected chi connectivity index (χ0v) is 19.6. The second kappa shape index (κ2) is 9.00. The second-order valence-electron chi connectivity index (χ2n) is 6.29. The van der Waals surface area contributed by atoms with Gasteiger partial charge in [0.2, 0.25) is 0 Å². The van der Waals surface area contributed by atoms with Crippen molar-refractivity contribution in [3.8, 4) is 0 Å². The lowest BCUT2D eigenvalue weighted by Crippen LogP contribution is -2.27. The molecule has 1 aromatic rings. The fraction of sp³-hybridized carbons (Fsp3) is 0.263. The summed E-state index contributed by atoms with van der Waals surface area (Å²) in [5, 5.41) is 2.65. The van der Waals surface area contributed by atoms with E-state index in [1.165, 1.54) is 40.6 Å². The topological polar surface area (TPSA) is 57.7 Å². The van der Waals surface area contributed by atoms with Gasteiger partial charge < -0.3 is 4.90 Å². The van der Waals surface area contributed by atoms with Gasteiger partial charge in [-0.05, 0) is 43.7 Å². The van der Waals surface area contributed by atoms with Crippen LogP contribution in [0.2, 0.25) is 0 Å². The van der Waals surface area contributed by atoms with Crippen LogP contribution in [-0.2, 0) is 14.6 Å². The highest BCUT2D eigenvalue weighted by Crippen LogP contribution is 2.40. The lowest BCUT2D eigenvalue weighted by atomic mass is 10.1. The normalized spacial score (nSPS) is 20.4. The number of nitrogens with zero attached hydrogens (tertiary/aromatic N) is 2. The monoisotopic (exact) mass is 506 g/mol. The summed E-state index contributed by atoms with van der Waals surface area (Å²) in [6, 6.07) is 4.61. The van der Waals surface area contributed by atoms with Crippen LogP contribution in [0.3, 0.4) is 0 Å². The van der Waals surface area contributed by atoms with Crippen LogP contribution in [0.1, 0.15) is 19.4 Å². The summed E-state index contributed by atoms with van der Waals surface area (Å²) in [7, 11) is -5.39. The zero-order valence-electron chi connectivity index (χ0n) is 16.3. The number of carbonyl (C=O) groups excluding carboxylic acids is 1. The molecule has 5 nitrogen and oxygen atoms in total. The number of hydrogen-bond donors (Lipinski definition) is 0. The standard InChI is InChI=1S/C19H17F3N2O3S4/c1-3-23-14(12-5-7-13(8-6-12)31(26,27)19(20,21)22)11-29-16(23)10-9-15-17(25)24(4-2)18(28)30-15/h5-11H,3-4H2,1-2H3/b15-9-,16-10+. The molecule has 1 saturated heterocycles. The van der Waals surface area contributed by atoms with E-state index in [4.69, 9.17) is 12.2 Å². The Hall–Kier alpha value is -1.76. The van der Waals surface area contributed by atoms with E-state index in [0.717, 1.165) is 22.9 Å². The molecule has 2 heterocycles. The SMILES string of the molecule is CCN1C(=O)/C(=C/C=C2/SC=C(c3ccc(S(=O)(=O)C(F)(F)F)cc3)N2CC)SC1=S. The van der Waals surface area contributed by atoms with Crippen LogP contribution < -0.4 is 0 Å². The maximum atomic E-state index is 12.7. The summed E-state index contributed by atoms with van der Waals surface area (Å²) < 4.78 is 61.8. The molecule has 0 bridgehead atoms. The highest BCUT2D eigenvalue weighted by Gasteiger charge is 2.46. The van der Waals surface area contributed by atoms with Gasteiger partial charge in [0.15, 0.2) is 0 Å². The van der Waals surface area contributed by atoms with Crippen LogP contribution >= 0.6 is 35.7 Å². The Morgan fingerprint density at radius 3 is 2.19 bits per heavy atom. The molecule has 3 rings (SSSR count). The second-order valence-corrected chi connectivity index (χ2v) is 10.8. The van der Waals surface area contributed by atoms with Gasteiger partial charge in [0.1, 0.15) is 4.32 Å². The highest BCUT2D eigenvalue weighted by molar-refractivity contribution is 8.26. The number of benzene rings is 1. The summed E-state index contributed by atoms with van der Waals surface area (Å²) in [5.74, 6) is -0.143. The van der Waals surface area contributed by atoms with Gasteiger partial charge in [-0.25, -0.2) is 8.42 Å². The van der Waals surface area contributed by atoms with Crippen molar-refractivity contribution in [2.75, 3.05) is 13.1 Å². The molecule has 0 radical (unpaired) electrons. The minimum absolute atomic E-state index is 0.143. The number of thioether (sulfide) groups is 2. The molecular formula is C19H17F3N2O3S4. The Kier molecular flexibility index (Phi) is 6.94. The molecule has 0 unspecified atom stereocenters. The predicted octanol–water partition coefficient (Wildman–Crippen LogP) is 4.95. The Bertz CT molecular complexity index is 1110. The highest BCUT2D eigenvalue weighted by atomic mass is 32.2. The average molecular weight is 507 g/mol. The van der Waals surface area contributed by atoms with Crippen molar-refractivity contribution in [2.45, 2.75) is 24.3 Å². The van der Waals surface area contributed by atoms with Crippen LogP contribution in [0, 0.1) is 0 Å². The Morgan fingerprint density at radius 2 is 1.68 bits per heavy atom. The Morgan fingerprint density at radius 1 is 1.06 bits per heavy atom. The first-order valence-corrected chi connectivity index (χ1v) is 12.6. The molecule has 0 aromatic heterocycles. The van der Waals surface area contributed by atoms with E-state index in [0.29, 0.717) is 27.9 Å². The van der Waals surface area contributed by atoms with Crippen molar-refractivity contribution in [3.05, 3.63) is 57.3 Å². The van der Waals surface area contributed by atoms with Gasteiger partial charge in [-0.2, -0.15) is 13.2 Å². The fourth-order valence-corrected chi connectivity index (χ4v) is 6.00. The first kappa shape index (κ1) is 23.9. The molecule has 0 spiro atoms. The lowest BCUT2D eigenvalue weighted by molar-refractivity contribution is -0.122. The number of carbonyl (C=O) groups is 1. The summed E-state index contributed by atoms with van der Waals surface area (Å²) in [6.45, 7) is 4.82. The van der Waals surface area contributed by atoms with E-state index in [1.807, 2.05) is 24.2 Å². The summed E-state index contributed by atoms with van der Waals surface area (Å²) in [4.78, 5) is 15.5. The van der Waals surface area contributed by atoms with Gasteiger partial charge in [0.05, 0.1) is 20.5 Å². The summed E-state index contributed by atoms with van der Waals surface area (Å²) in [5.41, 5.74) is -4.04. The number of rotatable bonds is 5. The van der Waals surface area contributed by atoms with Crippen molar-refractivity contribution >= 4 is 61.5 Å². The first-order valence-electron chi connectivity index (χ1n) is 9.03. The summed E-state index contributed by atoms with van der Waals surface area (Å²) in [6.07, 6.45) is 3.50. The van der Waals surface area contributed by atoms with E-state index in [1.54, 1.807) is 12.2 Å². The molecule has 1 fully saturated rings. The molecule has 1 amide bonds.